The number of aromatic nitrogens is 2. The first-order chi connectivity index (χ1) is 16.9. The highest BCUT2D eigenvalue weighted by Crippen LogP contribution is 2.31. The zero-order valence-corrected chi connectivity index (χ0v) is 19.5. The van der Waals surface area contributed by atoms with Crippen molar-refractivity contribution in [2.24, 2.45) is 0 Å². The normalized spacial score (nSPS) is 21.5. The second kappa shape index (κ2) is 9.03. The number of urea groups is 1. The van der Waals surface area contributed by atoms with E-state index in [0.717, 1.165) is 16.0 Å². The van der Waals surface area contributed by atoms with Gasteiger partial charge >= 0.3 is 11.7 Å². The van der Waals surface area contributed by atoms with Crippen LogP contribution in [0.2, 0.25) is 0 Å². The van der Waals surface area contributed by atoms with Crippen LogP contribution in [0.1, 0.15) is 37.8 Å². The number of hydrazine groups is 1. The lowest BCUT2D eigenvalue weighted by atomic mass is 9.87. The fourth-order valence-electron chi connectivity index (χ4n) is 5.17. The Bertz CT molecular complexity index is 1320. The summed E-state index contributed by atoms with van der Waals surface area (Å²) in [5.41, 5.74) is 3.53. The highest BCUT2D eigenvalue weighted by Gasteiger charge is 2.52. The molecule has 2 aliphatic heterocycles. The standard InChI is InChI=1S/C25H28N6O4/c1-2-25(17-8-4-3-5-9-17)22(33)31(24(35)27-25)28-21(32)16-29-14-12-18(13-15-29)30-20-11-7-6-10-19(20)26-23(30)34/h3-11,18H,2,12-16H2,1H3,(H,26,34)(H,27,35)(H,28,32)/t25-/m0/s1. The van der Waals surface area contributed by atoms with Crippen molar-refractivity contribution in [2.45, 2.75) is 37.8 Å². The predicted octanol–water partition coefficient (Wildman–Crippen LogP) is 1.85. The van der Waals surface area contributed by atoms with Gasteiger partial charge in [0.1, 0.15) is 5.54 Å². The van der Waals surface area contributed by atoms with Gasteiger partial charge in [0.25, 0.3) is 11.8 Å². The molecule has 2 aliphatic rings. The van der Waals surface area contributed by atoms with Crippen LogP contribution in [0.25, 0.3) is 11.0 Å². The number of H-pyrrole nitrogens is 1. The first-order valence-corrected chi connectivity index (χ1v) is 11.9. The van der Waals surface area contributed by atoms with Gasteiger partial charge < -0.3 is 10.3 Å². The summed E-state index contributed by atoms with van der Waals surface area (Å²) in [6.45, 7) is 3.11. The third kappa shape index (κ3) is 3.99. The second-order valence-electron chi connectivity index (χ2n) is 9.06. The molecule has 3 heterocycles. The molecule has 0 radical (unpaired) electrons. The number of hydrogen-bond donors (Lipinski definition) is 3. The lowest BCUT2D eigenvalue weighted by Gasteiger charge is -2.32. The number of hydrogen-bond acceptors (Lipinski definition) is 5. The van der Waals surface area contributed by atoms with Crippen molar-refractivity contribution in [3.63, 3.8) is 0 Å². The van der Waals surface area contributed by atoms with E-state index < -0.39 is 23.4 Å². The summed E-state index contributed by atoms with van der Waals surface area (Å²) in [4.78, 5) is 55.9. The van der Waals surface area contributed by atoms with E-state index in [1.165, 1.54) is 0 Å². The number of para-hydroxylation sites is 2. The van der Waals surface area contributed by atoms with Crippen LogP contribution in [0.3, 0.4) is 0 Å². The first kappa shape index (κ1) is 22.9. The van der Waals surface area contributed by atoms with Gasteiger partial charge in [-0.05, 0) is 37.0 Å². The Morgan fingerprint density at radius 3 is 2.43 bits per heavy atom. The molecule has 35 heavy (non-hydrogen) atoms. The van der Waals surface area contributed by atoms with Crippen LogP contribution in [0.4, 0.5) is 4.79 Å². The molecular weight excluding hydrogens is 448 g/mol. The van der Waals surface area contributed by atoms with E-state index in [0.29, 0.717) is 37.9 Å². The molecule has 2 fully saturated rings. The lowest BCUT2D eigenvalue weighted by molar-refractivity contribution is -0.140. The number of likely N-dealkylation sites (tertiary alicyclic amines) is 1. The number of imidazole rings is 1. The molecule has 0 aliphatic carbocycles. The molecule has 0 bridgehead atoms. The van der Waals surface area contributed by atoms with Gasteiger partial charge in [-0.25, -0.2) is 9.59 Å². The molecule has 2 saturated heterocycles. The minimum atomic E-state index is -1.20. The van der Waals surface area contributed by atoms with Gasteiger partial charge in [-0.15, -0.1) is 0 Å². The number of fused-ring (bicyclic) bond motifs is 1. The molecule has 10 nitrogen and oxygen atoms in total. The summed E-state index contributed by atoms with van der Waals surface area (Å²) in [6, 6.07) is 16.0. The average Bonchev–Trinajstić information content (AvgIpc) is 3.33. The molecule has 5 rings (SSSR count). The van der Waals surface area contributed by atoms with Crippen LogP contribution in [-0.4, -0.2) is 56.9 Å². The Morgan fingerprint density at radius 2 is 1.71 bits per heavy atom. The zero-order chi connectivity index (χ0) is 24.6. The molecule has 3 aromatic rings. The third-order valence-electron chi connectivity index (χ3n) is 7.04. The molecule has 1 aromatic heterocycles. The van der Waals surface area contributed by atoms with E-state index in [1.807, 2.05) is 42.2 Å². The fraction of sp³-hybridized carbons (Fsp3) is 0.360. The number of carbonyl (C=O) groups is 3. The molecule has 1 atom stereocenters. The van der Waals surface area contributed by atoms with Gasteiger partial charge in [0.15, 0.2) is 0 Å². The molecule has 2 aromatic carbocycles. The number of benzene rings is 2. The molecule has 0 spiro atoms. The minimum absolute atomic E-state index is 0.0416. The Balaban J connectivity index is 1.21. The highest BCUT2D eigenvalue weighted by atomic mass is 16.2. The van der Waals surface area contributed by atoms with E-state index in [2.05, 4.69) is 15.7 Å². The Morgan fingerprint density at radius 1 is 1.03 bits per heavy atom. The molecule has 10 heteroatoms. The van der Waals surface area contributed by atoms with Crippen LogP contribution in [-0.2, 0) is 15.1 Å². The largest absolute Gasteiger partial charge is 0.344 e. The van der Waals surface area contributed by atoms with Crippen molar-refractivity contribution in [2.75, 3.05) is 19.6 Å². The van der Waals surface area contributed by atoms with Gasteiger partial charge in [-0.2, -0.15) is 5.01 Å². The van der Waals surface area contributed by atoms with Crippen molar-refractivity contribution in [1.29, 1.82) is 0 Å². The van der Waals surface area contributed by atoms with Crippen LogP contribution in [0.15, 0.2) is 59.4 Å². The van der Waals surface area contributed by atoms with Crippen LogP contribution in [0, 0.1) is 0 Å². The maximum Gasteiger partial charge on any atom is 0.344 e. The fourth-order valence-corrected chi connectivity index (χ4v) is 5.17. The van der Waals surface area contributed by atoms with Gasteiger partial charge in [0.2, 0.25) is 0 Å². The quantitative estimate of drug-likeness (QED) is 0.469. The summed E-state index contributed by atoms with van der Waals surface area (Å²) in [6.07, 6.45) is 1.78. The van der Waals surface area contributed by atoms with Gasteiger partial charge in [-0.1, -0.05) is 49.4 Å². The van der Waals surface area contributed by atoms with Gasteiger partial charge in [-0.3, -0.25) is 24.5 Å². The highest BCUT2D eigenvalue weighted by molar-refractivity contribution is 6.08. The number of piperidine rings is 1. The van der Waals surface area contributed by atoms with E-state index in [9.17, 15) is 19.2 Å². The van der Waals surface area contributed by atoms with Gasteiger partial charge in [0.05, 0.1) is 17.6 Å². The summed E-state index contributed by atoms with van der Waals surface area (Å²) >= 11 is 0. The number of nitrogens with one attached hydrogen (secondary N) is 3. The van der Waals surface area contributed by atoms with E-state index in [4.69, 9.17) is 0 Å². The topological polar surface area (TPSA) is 120 Å². The maximum atomic E-state index is 13.2. The van der Waals surface area contributed by atoms with Crippen molar-refractivity contribution in [1.82, 2.24) is 30.2 Å². The molecule has 0 saturated carbocycles. The number of nitrogens with zero attached hydrogens (tertiary/aromatic N) is 3. The van der Waals surface area contributed by atoms with E-state index in [1.54, 1.807) is 28.8 Å². The summed E-state index contributed by atoms with van der Waals surface area (Å²) in [5.74, 6) is -0.932. The molecule has 4 amide bonds. The van der Waals surface area contributed by atoms with Gasteiger partial charge in [0, 0.05) is 19.1 Å². The minimum Gasteiger partial charge on any atom is -0.318 e. The van der Waals surface area contributed by atoms with Crippen molar-refractivity contribution < 1.29 is 14.4 Å². The SMILES string of the molecule is CC[C@@]1(c2ccccc2)NC(=O)N(NC(=O)CN2CCC(n3c(=O)[nH]c4ccccc43)CC2)C1=O. The van der Waals surface area contributed by atoms with Crippen LogP contribution >= 0.6 is 0 Å². The second-order valence-corrected chi connectivity index (χ2v) is 9.06. The van der Waals surface area contributed by atoms with Crippen molar-refractivity contribution in [3.8, 4) is 0 Å². The first-order valence-electron chi connectivity index (χ1n) is 11.9. The number of aromatic amines is 1. The molecular formula is C25H28N6O4. The Labute approximate surface area is 201 Å². The molecule has 3 N–H and O–H groups in total. The van der Waals surface area contributed by atoms with Crippen molar-refractivity contribution >= 4 is 28.9 Å². The van der Waals surface area contributed by atoms with E-state index >= 15 is 0 Å². The van der Waals surface area contributed by atoms with E-state index in [-0.39, 0.29) is 18.3 Å². The summed E-state index contributed by atoms with van der Waals surface area (Å²) in [5, 5.41) is 3.55. The number of amides is 4. The lowest BCUT2D eigenvalue weighted by Crippen LogP contribution is -2.51. The Hall–Kier alpha value is -3.92. The monoisotopic (exact) mass is 476 g/mol. The summed E-state index contributed by atoms with van der Waals surface area (Å²) < 4.78 is 1.80. The molecule has 0 unspecified atom stereocenters. The summed E-state index contributed by atoms with van der Waals surface area (Å²) in [7, 11) is 0. The number of carbonyl (C=O) groups excluding carboxylic acids is 3. The number of rotatable bonds is 6. The average molecular weight is 477 g/mol. The predicted molar refractivity (Wildman–Crippen MR) is 129 cm³/mol. The van der Waals surface area contributed by atoms with Crippen molar-refractivity contribution in [3.05, 3.63) is 70.6 Å². The molecule has 182 valence electrons. The van der Waals surface area contributed by atoms with Crippen LogP contribution in [0.5, 0.6) is 0 Å². The third-order valence-corrected chi connectivity index (χ3v) is 7.04. The maximum absolute atomic E-state index is 13.2. The van der Waals surface area contributed by atoms with Crippen LogP contribution < -0.4 is 16.4 Å². The smallest absolute Gasteiger partial charge is 0.318 e. The Kier molecular flexibility index (Phi) is 5.89. The number of imide groups is 1. The zero-order valence-electron chi connectivity index (χ0n) is 19.5.